The molecule has 2 aromatic heterocycles. The Hall–Kier alpha value is -6.83. The quantitative estimate of drug-likeness (QED) is 0.138. The normalized spacial score (nSPS) is 15.6. The Morgan fingerprint density at radius 1 is 0.898 bits per heavy atom. The number of fused-ring (bicyclic) bond motifs is 1. The molecular formula is C35H24N6O8. The van der Waals surface area contributed by atoms with E-state index in [1.807, 2.05) is 0 Å². The molecule has 1 saturated heterocycles. The summed E-state index contributed by atoms with van der Waals surface area (Å²) in [5.41, 5.74) is 3.42. The number of piperidine rings is 1. The van der Waals surface area contributed by atoms with Crippen molar-refractivity contribution in [3.8, 4) is 34.1 Å². The number of nitrogens with zero attached hydrogens (tertiary/aromatic N) is 4. The van der Waals surface area contributed by atoms with Gasteiger partial charge in [0.2, 0.25) is 11.8 Å². The highest BCUT2D eigenvalue weighted by Crippen LogP contribution is 2.30. The van der Waals surface area contributed by atoms with Crippen LogP contribution in [0.25, 0.3) is 34.1 Å². The number of nitro benzene ring substituents is 1. The van der Waals surface area contributed by atoms with Crippen LogP contribution in [0.2, 0.25) is 0 Å². The first-order valence-corrected chi connectivity index (χ1v) is 15.1. The van der Waals surface area contributed by atoms with Crippen LogP contribution in [0, 0.1) is 10.1 Å². The Balaban J connectivity index is 1.07. The fourth-order valence-corrected chi connectivity index (χ4v) is 5.71. The van der Waals surface area contributed by atoms with Crippen molar-refractivity contribution in [1.29, 1.82) is 0 Å². The topological polar surface area (TPSA) is 195 Å². The fourth-order valence-electron chi connectivity index (χ4n) is 5.71. The number of hydrogen-bond acceptors (Lipinski definition) is 10. The molecule has 14 heteroatoms. The van der Waals surface area contributed by atoms with Gasteiger partial charge in [-0.25, -0.2) is 9.97 Å². The average Bonchev–Trinajstić information content (AvgIpc) is 3.74. The van der Waals surface area contributed by atoms with Crippen LogP contribution in [0.4, 0.5) is 5.69 Å². The van der Waals surface area contributed by atoms with Crippen LogP contribution in [0.1, 0.15) is 49.5 Å². The molecule has 0 saturated carbocycles. The van der Waals surface area contributed by atoms with Crippen LogP contribution in [-0.2, 0) is 16.1 Å². The van der Waals surface area contributed by atoms with Gasteiger partial charge in [-0.2, -0.15) is 0 Å². The largest absolute Gasteiger partial charge is 0.463 e. The molecule has 4 heterocycles. The van der Waals surface area contributed by atoms with E-state index in [-0.39, 0.29) is 42.1 Å². The predicted molar refractivity (Wildman–Crippen MR) is 172 cm³/mol. The SMILES string of the molecule is O=C1CCC(N2C(=O)c3ccc(CNC(=O)c4ccc(-c5cc(-c6ccco6)nc(-c6ccc([N+](=O)[O-])cc6)n5)cc4)cc3C2=O)C(=O)N1. The molecule has 0 aliphatic carbocycles. The lowest BCUT2D eigenvalue weighted by molar-refractivity contribution is -0.384. The number of rotatable bonds is 8. The molecule has 1 fully saturated rings. The summed E-state index contributed by atoms with van der Waals surface area (Å²) in [6, 6.07) is 21.4. The molecule has 14 nitrogen and oxygen atoms in total. The minimum atomic E-state index is -1.07. The number of imide groups is 2. The lowest BCUT2D eigenvalue weighted by atomic mass is 10.0. The van der Waals surface area contributed by atoms with Crippen molar-refractivity contribution >= 4 is 35.2 Å². The van der Waals surface area contributed by atoms with Gasteiger partial charge in [0.25, 0.3) is 23.4 Å². The van der Waals surface area contributed by atoms with Crippen molar-refractivity contribution in [3.05, 3.63) is 124 Å². The first-order chi connectivity index (χ1) is 23.7. The van der Waals surface area contributed by atoms with Gasteiger partial charge in [-0.1, -0.05) is 18.2 Å². The highest BCUT2D eigenvalue weighted by atomic mass is 16.6. The maximum Gasteiger partial charge on any atom is 0.269 e. The van der Waals surface area contributed by atoms with Crippen LogP contribution in [-0.4, -0.2) is 55.4 Å². The lowest BCUT2D eigenvalue weighted by Gasteiger charge is -2.27. The first-order valence-electron chi connectivity index (χ1n) is 15.1. The molecule has 5 amide bonds. The molecule has 2 N–H and O–H groups in total. The number of non-ortho nitro benzene ring substituents is 1. The fraction of sp³-hybridized carbons (Fsp3) is 0.114. The third-order valence-electron chi connectivity index (χ3n) is 8.24. The maximum absolute atomic E-state index is 13.1. The van der Waals surface area contributed by atoms with E-state index >= 15 is 0 Å². The first kappa shape index (κ1) is 30.8. The van der Waals surface area contributed by atoms with Crippen molar-refractivity contribution in [3.63, 3.8) is 0 Å². The van der Waals surface area contributed by atoms with Crippen LogP contribution < -0.4 is 10.6 Å². The van der Waals surface area contributed by atoms with E-state index < -0.39 is 34.6 Å². The third-order valence-corrected chi connectivity index (χ3v) is 8.24. The van der Waals surface area contributed by atoms with Crippen molar-refractivity contribution in [2.75, 3.05) is 0 Å². The zero-order valence-electron chi connectivity index (χ0n) is 25.4. The van der Waals surface area contributed by atoms with Gasteiger partial charge in [0.05, 0.1) is 28.0 Å². The van der Waals surface area contributed by atoms with E-state index in [1.54, 1.807) is 60.7 Å². The minimum Gasteiger partial charge on any atom is -0.463 e. The number of amides is 5. The number of hydrogen-bond donors (Lipinski definition) is 2. The maximum atomic E-state index is 13.1. The summed E-state index contributed by atoms with van der Waals surface area (Å²) >= 11 is 0. The number of carbonyl (C=O) groups excluding carboxylic acids is 5. The Labute approximate surface area is 276 Å². The summed E-state index contributed by atoms with van der Waals surface area (Å²) in [7, 11) is 0. The summed E-state index contributed by atoms with van der Waals surface area (Å²) in [5, 5.41) is 16.1. The number of aromatic nitrogens is 2. The number of furan rings is 1. The standard InChI is InChI=1S/C35H24N6O8/c42-30-14-13-28(33(44)39-30)40-34(45)24-12-3-19(16-25(24)35(40)46)18-36-32(43)22-6-4-20(5-7-22)26-17-27(29-2-1-15-49-29)38-31(37-26)21-8-10-23(11-9-21)41(47)48/h1-12,15-17,28H,13-14,18H2,(H,36,43)(H,39,42,44). The van der Waals surface area contributed by atoms with Crippen LogP contribution in [0.3, 0.4) is 0 Å². The number of nitro groups is 1. The summed E-state index contributed by atoms with van der Waals surface area (Å²) in [6.07, 6.45) is 1.60. The van der Waals surface area contributed by atoms with Gasteiger partial charge in [-0.15, -0.1) is 0 Å². The summed E-state index contributed by atoms with van der Waals surface area (Å²) in [5.74, 6) is -1.93. The van der Waals surface area contributed by atoms with Crippen molar-refractivity contribution < 1.29 is 33.3 Å². The van der Waals surface area contributed by atoms with Gasteiger partial charge in [0.15, 0.2) is 11.6 Å². The lowest BCUT2D eigenvalue weighted by Crippen LogP contribution is -2.54. The highest BCUT2D eigenvalue weighted by Gasteiger charge is 2.44. The van der Waals surface area contributed by atoms with Crippen LogP contribution in [0.15, 0.2) is 95.6 Å². The molecule has 3 aromatic carbocycles. The van der Waals surface area contributed by atoms with E-state index in [9.17, 15) is 34.1 Å². The molecule has 2 aliphatic rings. The molecule has 1 atom stereocenters. The molecule has 2 aliphatic heterocycles. The molecule has 7 rings (SSSR count). The number of benzene rings is 3. The van der Waals surface area contributed by atoms with Gasteiger partial charge in [0.1, 0.15) is 11.7 Å². The molecule has 1 unspecified atom stereocenters. The van der Waals surface area contributed by atoms with Crippen LogP contribution >= 0.6 is 0 Å². The van der Waals surface area contributed by atoms with Gasteiger partial charge in [-0.05, 0) is 66.6 Å². The molecule has 49 heavy (non-hydrogen) atoms. The summed E-state index contributed by atoms with van der Waals surface area (Å²) in [4.78, 5) is 83.8. The van der Waals surface area contributed by atoms with E-state index in [4.69, 9.17) is 4.42 Å². The average molecular weight is 657 g/mol. The number of nitrogens with one attached hydrogen (secondary N) is 2. The van der Waals surface area contributed by atoms with Gasteiger partial charge in [-0.3, -0.25) is 44.3 Å². The second-order valence-electron chi connectivity index (χ2n) is 11.3. The van der Waals surface area contributed by atoms with Crippen molar-refractivity contribution in [2.45, 2.75) is 25.4 Å². The third kappa shape index (κ3) is 5.93. The Kier molecular flexibility index (Phi) is 7.80. The van der Waals surface area contributed by atoms with Crippen molar-refractivity contribution in [2.24, 2.45) is 0 Å². The van der Waals surface area contributed by atoms with Gasteiger partial charge < -0.3 is 9.73 Å². The van der Waals surface area contributed by atoms with Gasteiger partial charge >= 0.3 is 0 Å². The van der Waals surface area contributed by atoms with Crippen LogP contribution in [0.5, 0.6) is 0 Å². The van der Waals surface area contributed by atoms with Crippen molar-refractivity contribution in [1.82, 2.24) is 25.5 Å². The smallest absolute Gasteiger partial charge is 0.269 e. The molecule has 0 radical (unpaired) electrons. The molecule has 0 spiro atoms. The van der Waals surface area contributed by atoms with Gasteiger partial charge in [0, 0.05) is 41.8 Å². The Morgan fingerprint density at radius 3 is 2.31 bits per heavy atom. The predicted octanol–water partition coefficient (Wildman–Crippen LogP) is 4.31. The number of carbonyl (C=O) groups is 5. The summed E-state index contributed by atoms with van der Waals surface area (Å²) in [6.45, 7) is 0.0603. The molecule has 5 aromatic rings. The minimum absolute atomic E-state index is 0.0242. The van der Waals surface area contributed by atoms with E-state index in [2.05, 4.69) is 20.6 Å². The zero-order chi connectivity index (χ0) is 34.2. The Morgan fingerprint density at radius 2 is 1.61 bits per heavy atom. The van der Waals surface area contributed by atoms with E-state index in [0.717, 1.165) is 4.90 Å². The van der Waals surface area contributed by atoms with E-state index in [0.29, 0.717) is 45.2 Å². The van der Waals surface area contributed by atoms with E-state index in [1.165, 1.54) is 30.5 Å². The molecule has 0 bridgehead atoms. The molecular weight excluding hydrogens is 632 g/mol. The second kappa shape index (κ2) is 12.4. The Bertz CT molecular complexity index is 2180. The monoisotopic (exact) mass is 656 g/mol. The highest BCUT2D eigenvalue weighted by molar-refractivity contribution is 6.23. The second-order valence-corrected chi connectivity index (χ2v) is 11.3. The summed E-state index contributed by atoms with van der Waals surface area (Å²) < 4.78 is 5.54. The molecule has 242 valence electrons. The zero-order valence-corrected chi connectivity index (χ0v) is 25.4.